The smallest absolute Gasteiger partial charge is 0.257 e. The molecule has 0 amide bonds. The average Bonchev–Trinajstić information content (AvgIpc) is 2.67. The lowest BCUT2D eigenvalue weighted by atomic mass is 9.76. The maximum atomic E-state index is 13.1. The second-order valence-electron chi connectivity index (χ2n) is 7.08. The van der Waals surface area contributed by atoms with E-state index in [1.807, 2.05) is 24.3 Å². The van der Waals surface area contributed by atoms with Crippen LogP contribution in [0, 0.1) is 0 Å². The number of hydrogen-bond acceptors (Lipinski definition) is 5. The Bertz CT molecular complexity index is 1010. The fraction of sp³-hybridized carbons (Fsp3) is 0.381. The highest BCUT2D eigenvalue weighted by atomic mass is 79.9. The third-order valence-electron chi connectivity index (χ3n) is 5.19. The van der Waals surface area contributed by atoms with Crippen molar-refractivity contribution in [2.24, 2.45) is 0 Å². The highest BCUT2D eigenvalue weighted by Crippen LogP contribution is 2.45. The van der Waals surface area contributed by atoms with Crippen molar-refractivity contribution in [1.29, 1.82) is 0 Å². The first-order valence-corrected chi connectivity index (χ1v) is 11.4. The lowest BCUT2D eigenvalue weighted by molar-refractivity contribution is -0.116. The lowest BCUT2D eigenvalue weighted by Crippen LogP contribution is -2.32. The quantitative estimate of drug-likeness (QED) is 0.374. The van der Waals surface area contributed by atoms with Gasteiger partial charge in [-0.15, -0.1) is 0 Å². The molecule has 7 heteroatoms. The van der Waals surface area contributed by atoms with E-state index in [2.05, 4.69) is 33.2 Å². The minimum Gasteiger partial charge on any atom is -0.343 e. The average molecular weight is 460 g/mol. The molecule has 0 saturated carbocycles. The van der Waals surface area contributed by atoms with Crippen molar-refractivity contribution in [3.63, 3.8) is 0 Å². The van der Waals surface area contributed by atoms with E-state index >= 15 is 0 Å². The van der Waals surface area contributed by atoms with Crippen molar-refractivity contribution in [3.05, 3.63) is 61.5 Å². The Kier molecular flexibility index (Phi) is 5.73. The van der Waals surface area contributed by atoms with Crippen LogP contribution in [0.2, 0.25) is 0 Å². The number of aromatic nitrogens is 2. The summed E-state index contributed by atoms with van der Waals surface area (Å²) in [5.74, 6) is 1.21. The molecule has 5 nitrogen and oxygen atoms in total. The molecule has 28 heavy (non-hydrogen) atoms. The lowest BCUT2D eigenvalue weighted by Gasteiger charge is -2.33. The molecule has 1 aliphatic heterocycles. The van der Waals surface area contributed by atoms with Crippen LogP contribution in [-0.4, -0.2) is 21.5 Å². The summed E-state index contributed by atoms with van der Waals surface area (Å²) >= 11 is 5.17. The van der Waals surface area contributed by atoms with E-state index in [0.717, 1.165) is 47.2 Å². The van der Waals surface area contributed by atoms with E-state index in [4.69, 9.17) is 4.98 Å². The predicted molar refractivity (Wildman–Crippen MR) is 116 cm³/mol. The summed E-state index contributed by atoms with van der Waals surface area (Å²) in [6, 6.07) is 7.79. The van der Waals surface area contributed by atoms with E-state index in [-0.39, 0.29) is 11.3 Å². The number of benzene rings is 1. The SMILES string of the molecule is CCCCSc1nc2c(c(=O)[nH]1)C(c1ccccc1Br)C1=C(CCCC1=O)N2. The molecule has 1 aliphatic carbocycles. The Hall–Kier alpha value is -1.86. The van der Waals surface area contributed by atoms with E-state index in [1.165, 1.54) is 0 Å². The van der Waals surface area contributed by atoms with E-state index in [0.29, 0.717) is 28.5 Å². The van der Waals surface area contributed by atoms with Crippen LogP contribution < -0.4 is 10.9 Å². The number of thioether (sulfide) groups is 1. The van der Waals surface area contributed by atoms with Gasteiger partial charge in [-0.05, 0) is 30.9 Å². The molecule has 1 aromatic carbocycles. The number of hydrogen-bond donors (Lipinski definition) is 2. The molecule has 1 atom stereocenters. The molecule has 2 aliphatic rings. The molecular formula is C21H22BrN3O2S. The second-order valence-corrected chi connectivity index (χ2v) is 9.02. The third kappa shape index (κ3) is 3.57. The molecule has 4 rings (SSSR count). The van der Waals surface area contributed by atoms with Crippen LogP contribution in [0.25, 0.3) is 0 Å². The van der Waals surface area contributed by atoms with Gasteiger partial charge in [0.15, 0.2) is 10.9 Å². The molecular weight excluding hydrogens is 438 g/mol. The van der Waals surface area contributed by atoms with Gasteiger partial charge in [0.25, 0.3) is 5.56 Å². The zero-order chi connectivity index (χ0) is 19.7. The molecule has 2 aromatic rings. The Morgan fingerprint density at radius 3 is 2.86 bits per heavy atom. The van der Waals surface area contributed by atoms with Gasteiger partial charge in [-0.1, -0.05) is 59.2 Å². The summed E-state index contributed by atoms with van der Waals surface area (Å²) in [4.78, 5) is 33.6. The van der Waals surface area contributed by atoms with Gasteiger partial charge in [-0.25, -0.2) is 4.98 Å². The first kappa shape index (κ1) is 19.5. The molecule has 1 aromatic heterocycles. The number of aromatic amines is 1. The van der Waals surface area contributed by atoms with Gasteiger partial charge in [0, 0.05) is 33.8 Å². The maximum absolute atomic E-state index is 13.1. The zero-order valence-corrected chi connectivity index (χ0v) is 18.1. The Morgan fingerprint density at radius 1 is 1.25 bits per heavy atom. The maximum Gasteiger partial charge on any atom is 0.257 e. The van der Waals surface area contributed by atoms with Crippen LogP contribution in [0.3, 0.4) is 0 Å². The van der Waals surface area contributed by atoms with Gasteiger partial charge in [-0.2, -0.15) is 0 Å². The topological polar surface area (TPSA) is 74.8 Å². The number of carbonyl (C=O) groups is 1. The predicted octanol–water partition coefficient (Wildman–Crippen LogP) is 4.99. The van der Waals surface area contributed by atoms with Gasteiger partial charge >= 0.3 is 0 Å². The summed E-state index contributed by atoms with van der Waals surface area (Å²) in [5.41, 5.74) is 2.89. The number of halogens is 1. The molecule has 1 unspecified atom stereocenters. The Balaban J connectivity index is 1.86. The van der Waals surface area contributed by atoms with E-state index in [9.17, 15) is 9.59 Å². The Labute approximate surface area is 176 Å². The minimum atomic E-state index is -0.402. The van der Waals surface area contributed by atoms with Crippen molar-refractivity contribution in [1.82, 2.24) is 9.97 Å². The standard InChI is InChI=1S/C21H22BrN3O2S/c1-2-3-11-28-21-24-19-18(20(27)25-21)16(12-7-4-5-8-13(12)22)17-14(23-19)9-6-10-15(17)26/h4-5,7-8,16H,2-3,6,9-11H2,1H3,(H2,23,24,25,27). The molecule has 0 spiro atoms. The molecule has 0 bridgehead atoms. The highest BCUT2D eigenvalue weighted by molar-refractivity contribution is 9.10. The van der Waals surface area contributed by atoms with Crippen molar-refractivity contribution in [2.45, 2.75) is 50.1 Å². The van der Waals surface area contributed by atoms with Gasteiger partial charge in [0.05, 0.1) is 5.56 Å². The summed E-state index contributed by atoms with van der Waals surface area (Å²) in [7, 11) is 0. The number of anilines is 1. The fourth-order valence-corrected chi connectivity index (χ4v) is 5.30. The van der Waals surface area contributed by atoms with Crippen LogP contribution in [0.4, 0.5) is 5.82 Å². The molecule has 0 fully saturated rings. The van der Waals surface area contributed by atoms with Crippen molar-refractivity contribution >= 4 is 39.3 Å². The van der Waals surface area contributed by atoms with Crippen molar-refractivity contribution in [2.75, 3.05) is 11.1 Å². The van der Waals surface area contributed by atoms with Gasteiger partial charge in [0.1, 0.15) is 5.82 Å². The number of nitrogens with one attached hydrogen (secondary N) is 2. The van der Waals surface area contributed by atoms with Crippen molar-refractivity contribution < 1.29 is 4.79 Å². The van der Waals surface area contributed by atoms with Gasteiger partial charge in [0.2, 0.25) is 0 Å². The number of rotatable bonds is 5. The monoisotopic (exact) mass is 459 g/mol. The summed E-state index contributed by atoms with van der Waals surface area (Å²) < 4.78 is 0.888. The highest BCUT2D eigenvalue weighted by Gasteiger charge is 2.38. The summed E-state index contributed by atoms with van der Waals surface area (Å²) in [5, 5.41) is 3.95. The van der Waals surface area contributed by atoms with Gasteiger partial charge in [-0.3, -0.25) is 9.59 Å². The van der Waals surface area contributed by atoms with Crippen molar-refractivity contribution in [3.8, 4) is 0 Å². The number of Topliss-reactive ketones (excluding diaryl/α,β-unsaturated/α-hetero) is 1. The Morgan fingerprint density at radius 2 is 2.07 bits per heavy atom. The number of carbonyl (C=O) groups excluding carboxylic acids is 1. The molecule has 0 radical (unpaired) electrons. The molecule has 2 N–H and O–H groups in total. The van der Waals surface area contributed by atoms with Gasteiger partial charge < -0.3 is 10.3 Å². The van der Waals surface area contributed by atoms with Crippen LogP contribution >= 0.6 is 27.7 Å². The van der Waals surface area contributed by atoms with Crippen LogP contribution in [0.5, 0.6) is 0 Å². The van der Waals surface area contributed by atoms with Crippen LogP contribution in [0.1, 0.15) is 56.1 Å². The number of fused-ring (bicyclic) bond motifs is 1. The zero-order valence-electron chi connectivity index (χ0n) is 15.7. The summed E-state index contributed by atoms with van der Waals surface area (Å²) in [6.45, 7) is 2.14. The fourth-order valence-electron chi connectivity index (χ4n) is 3.84. The normalized spacial score (nSPS) is 18.5. The number of unbranched alkanes of at least 4 members (excludes halogenated alkanes) is 1. The number of allylic oxidation sites excluding steroid dienone is 2. The number of H-pyrrole nitrogens is 1. The van der Waals surface area contributed by atoms with E-state index < -0.39 is 5.92 Å². The first-order chi connectivity index (χ1) is 13.6. The van der Waals surface area contributed by atoms with E-state index in [1.54, 1.807) is 11.8 Å². The second kappa shape index (κ2) is 8.25. The van der Waals surface area contributed by atoms with Crippen LogP contribution in [-0.2, 0) is 4.79 Å². The summed E-state index contributed by atoms with van der Waals surface area (Å²) in [6.07, 6.45) is 4.32. The largest absolute Gasteiger partial charge is 0.343 e. The number of nitrogens with zero attached hydrogens (tertiary/aromatic N) is 1. The molecule has 2 heterocycles. The molecule has 146 valence electrons. The van der Waals surface area contributed by atoms with Crippen LogP contribution in [0.15, 0.2) is 50.0 Å². The third-order valence-corrected chi connectivity index (χ3v) is 6.87. The minimum absolute atomic E-state index is 0.112. The first-order valence-electron chi connectivity index (χ1n) is 9.64. The molecule has 0 saturated heterocycles. The number of ketones is 1.